The Balaban J connectivity index is 1.38. The summed E-state index contributed by atoms with van der Waals surface area (Å²) in [6, 6.07) is 14.6. The van der Waals surface area contributed by atoms with Crippen LogP contribution in [0.15, 0.2) is 52.9 Å². The fraction of sp³-hybridized carbons (Fsp3) is 0.286. The van der Waals surface area contributed by atoms with Crippen molar-refractivity contribution in [3.63, 3.8) is 0 Å². The minimum absolute atomic E-state index is 0.271. The first-order chi connectivity index (χ1) is 13.8. The zero-order valence-corrected chi connectivity index (χ0v) is 16.0. The van der Waals surface area contributed by atoms with Crippen LogP contribution in [0.4, 0.5) is 4.39 Å². The molecule has 1 atom stereocenters. The van der Waals surface area contributed by atoms with Crippen LogP contribution in [0.2, 0.25) is 0 Å². The van der Waals surface area contributed by atoms with Crippen molar-refractivity contribution < 1.29 is 8.81 Å². The maximum absolute atomic E-state index is 13.1. The minimum atomic E-state index is -0.282. The fourth-order valence-corrected chi connectivity index (χ4v) is 4.83. The topological polar surface area (TPSA) is 55.1 Å². The molecule has 7 heteroatoms. The molecule has 0 bridgehead atoms. The maximum Gasteiger partial charge on any atom is 0.247 e. The lowest BCUT2D eigenvalue weighted by molar-refractivity contribution is 0.128. The smallest absolute Gasteiger partial charge is 0.247 e. The van der Waals surface area contributed by atoms with Gasteiger partial charge in [0.2, 0.25) is 11.8 Å². The molecule has 0 N–H and O–H groups in total. The third-order valence-electron chi connectivity index (χ3n) is 5.11. The normalized spacial score (nSPS) is 18.0. The average molecular weight is 394 g/mol. The molecular formula is C21H19FN4OS. The van der Waals surface area contributed by atoms with Crippen LogP contribution in [0.1, 0.15) is 36.2 Å². The molecule has 2 aromatic carbocycles. The monoisotopic (exact) mass is 394 g/mol. The summed E-state index contributed by atoms with van der Waals surface area (Å²) in [6.07, 6.45) is 3.43. The number of nitrogens with zero attached hydrogens (tertiary/aromatic N) is 4. The first-order valence-electron chi connectivity index (χ1n) is 9.44. The Kier molecular flexibility index (Phi) is 4.62. The molecule has 142 valence electrons. The van der Waals surface area contributed by atoms with Crippen molar-refractivity contribution in [3.8, 4) is 11.5 Å². The summed E-state index contributed by atoms with van der Waals surface area (Å²) >= 11 is 1.77. The molecule has 0 radical (unpaired) electrons. The van der Waals surface area contributed by atoms with Crippen molar-refractivity contribution in [3.05, 3.63) is 65.2 Å². The third-order valence-corrected chi connectivity index (χ3v) is 6.24. The molecule has 0 aliphatic carbocycles. The number of piperidine rings is 1. The zero-order valence-electron chi connectivity index (χ0n) is 15.2. The standard InChI is InChI=1S/C21H19FN4OS/c22-15-10-8-14(9-11-15)20-25-24-19(27-20)13-26-12-4-3-6-17(26)21-23-16-5-1-2-7-18(16)28-21/h1-2,5,7-11,17H,3-4,6,12-13H2. The van der Waals surface area contributed by atoms with Crippen LogP contribution in [-0.2, 0) is 6.54 Å². The van der Waals surface area contributed by atoms with Crippen LogP contribution in [-0.4, -0.2) is 26.6 Å². The molecule has 28 heavy (non-hydrogen) atoms. The Morgan fingerprint density at radius 3 is 2.79 bits per heavy atom. The number of para-hydroxylation sites is 1. The van der Waals surface area contributed by atoms with Gasteiger partial charge < -0.3 is 4.42 Å². The summed E-state index contributed by atoms with van der Waals surface area (Å²) in [5.74, 6) is 0.714. The molecule has 1 aliphatic heterocycles. The number of thiazole rings is 1. The molecule has 1 saturated heterocycles. The maximum atomic E-state index is 13.1. The van der Waals surface area contributed by atoms with Crippen molar-refractivity contribution in [2.24, 2.45) is 0 Å². The Morgan fingerprint density at radius 2 is 1.93 bits per heavy atom. The van der Waals surface area contributed by atoms with Gasteiger partial charge in [0, 0.05) is 5.56 Å². The number of aromatic nitrogens is 3. The van der Waals surface area contributed by atoms with Crippen LogP contribution < -0.4 is 0 Å². The van der Waals surface area contributed by atoms with E-state index in [0.29, 0.717) is 18.3 Å². The van der Waals surface area contributed by atoms with Gasteiger partial charge >= 0.3 is 0 Å². The summed E-state index contributed by atoms with van der Waals surface area (Å²) in [7, 11) is 0. The highest BCUT2D eigenvalue weighted by Gasteiger charge is 2.28. The van der Waals surface area contributed by atoms with E-state index in [-0.39, 0.29) is 11.9 Å². The van der Waals surface area contributed by atoms with Gasteiger partial charge in [0.1, 0.15) is 10.8 Å². The average Bonchev–Trinajstić information content (AvgIpc) is 3.36. The van der Waals surface area contributed by atoms with Crippen LogP contribution >= 0.6 is 11.3 Å². The molecule has 1 unspecified atom stereocenters. The molecule has 1 fully saturated rings. The van der Waals surface area contributed by atoms with Gasteiger partial charge in [-0.1, -0.05) is 18.6 Å². The number of rotatable bonds is 4. The Hall–Kier alpha value is -2.64. The van der Waals surface area contributed by atoms with E-state index in [1.54, 1.807) is 23.5 Å². The van der Waals surface area contributed by atoms with Crippen LogP contribution in [0.5, 0.6) is 0 Å². The van der Waals surface area contributed by atoms with Gasteiger partial charge in [-0.05, 0) is 55.8 Å². The Bertz CT molecular complexity index is 1060. The predicted molar refractivity (Wildman–Crippen MR) is 106 cm³/mol. The highest BCUT2D eigenvalue weighted by Crippen LogP contribution is 2.36. The lowest BCUT2D eigenvalue weighted by atomic mass is 10.0. The number of benzene rings is 2. The van der Waals surface area contributed by atoms with E-state index in [0.717, 1.165) is 35.5 Å². The number of fused-ring (bicyclic) bond motifs is 1. The second-order valence-corrected chi connectivity index (χ2v) is 8.07. The molecule has 0 saturated carbocycles. The SMILES string of the molecule is Fc1ccc(-c2nnc(CN3CCCCC3c3nc4ccccc4s3)o2)cc1. The van der Waals surface area contributed by atoms with E-state index < -0.39 is 0 Å². The number of hydrogen-bond acceptors (Lipinski definition) is 6. The minimum Gasteiger partial charge on any atom is -0.419 e. The molecule has 1 aliphatic rings. The molecule has 4 aromatic rings. The van der Waals surface area contributed by atoms with Gasteiger partial charge in [-0.15, -0.1) is 21.5 Å². The first kappa shape index (κ1) is 17.5. The van der Waals surface area contributed by atoms with Gasteiger partial charge in [0.25, 0.3) is 0 Å². The Labute approximate surface area is 165 Å². The summed E-state index contributed by atoms with van der Waals surface area (Å²) < 4.78 is 20.2. The van der Waals surface area contributed by atoms with Crippen LogP contribution in [0, 0.1) is 5.82 Å². The van der Waals surface area contributed by atoms with E-state index in [9.17, 15) is 4.39 Å². The fourth-order valence-electron chi connectivity index (χ4n) is 3.69. The largest absolute Gasteiger partial charge is 0.419 e. The molecule has 2 aromatic heterocycles. The second kappa shape index (κ2) is 7.41. The zero-order chi connectivity index (χ0) is 18.9. The summed E-state index contributed by atoms with van der Waals surface area (Å²) in [5, 5.41) is 9.50. The van der Waals surface area contributed by atoms with E-state index >= 15 is 0 Å². The van der Waals surface area contributed by atoms with Crippen molar-refractivity contribution in [2.45, 2.75) is 31.8 Å². The van der Waals surface area contributed by atoms with Gasteiger partial charge in [0.15, 0.2) is 0 Å². The lowest BCUT2D eigenvalue weighted by Crippen LogP contribution is -2.33. The van der Waals surface area contributed by atoms with Crippen LogP contribution in [0.25, 0.3) is 21.7 Å². The number of halogens is 1. The van der Waals surface area contributed by atoms with Crippen LogP contribution in [0.3, 0.4) is 0 Å². The summed E-state index contributed by atoms with van der Waals surface area (Å²) in [4.78, 5) is 7.24. The summed E-state index contributed by atoms with van der Waals surface area (Å²) in [6.45, 7) is 1.57. The second-order valence-electron chi connectivity index (χ2n) is 7.01. The van der Waals surface area contributed by atoms with Gasteiger partial charge in [-0.3, -0.25) is 4.90 Å². The lowest BCUT2D eigenvalue weighted by Gasteiger charge is -2.33. The van der Waals surface area contributed by atoms with Crippen molar-refractivity contribution >= 4 is 21.6 Å². The molecule has 5 rings (SSSR count). The molecular weight excluding hydrogens is 375 g/mol. The molecule has 5 nitrogen and oxygen atoms in total. The van der Waals surface area contributed by atoms with Crippen molar-refractivity contribution in [1.82, 2.24) is 20.1 Å². The highest BCUT2D eigenvalue weighted by molar-refractivity contribution is 7.18. The molecule has 0 amide bonds. The summed E-state index contributed by atoms with van der Waals surface area (Å²) in [5.41, 5.74) is 1.78. The highest BCUT2D eigenvalue weighted by atomic mass is 32.1. The van der Waals surface area contributed by atoms with Crippen molar-refractivity contribution in [2.75, 3.05) is 6.54 Å². The predicted octanol–water partition coefficient (Wildman–Crippen LogP) is 5.21. The third kappa shape index (κ3) is 3.43. The van der Waals surface area contributed by atoms with E-state index in [1.165, 1.54) is 23.3 Å². The van der Waals surface area contributed by atoms with Gasteiger partial charge in [-0.2, -0.15) is 0 Å². The van der Waals surface area contributed by atoms with E-state index in [1.807, 2.05) is 6.07 Å². The van der Waals surface area contributed by atoms with Crippen molar-refractivity contribution in [1.29, 1.82) is 0 Å². The first-order valence-corrected chi connectivity index (χ1v) is 10.3. The molecule has 3 heterocycles. The quantitative estimate of drug-likeness (QED) is 0.475. The van der Waals surface area contributed by atoms with Gasteiger partial charge in [0.05, 0.1) is 22.8 Å². The number of hydrogen-bond donors (Lipinski definition) is 0. The number of likely N-dealkylation sites (tertiary alicyclic amines) is 1. The van der Waals surface area contributed by atoms with E-state index in [2.05, 4.69) is 33.3 Å². The van der Waals surface area contributed by atoms with Gasteiger partial charge in [-0.25, -0.2) is 9.37 Å². The molecule has 0 spiro atoms. The Morgan fingerprint density at radius 1 is 1.07 bits per heavy atom. The van der Waals surface area contributed by atoms with E-state index in [4.69, 9.17) is 9.40 Å².